The average Bonchev–Trinajstić information content (AvgIpc) is 3.22. The van der Waals surface area contributed by atoms with Gasteiger partial charge in [0.2, 0.25) is 0 Å². The Morgan fingerprint density at radius 2 is 1.76 bits per heavy atom. The molecule has 1 aromatic carbocycles. The van der Waals surface area contributed by atoms with Crippen molar-refractivity contribution in [3.8, 4) is 0 Å². The fraction of sp³-hybridized carbons (Fsp3) is 0.286. The fourth-order valence-corrected chi connectivity index (χ4v) is 3.45. The number of fused-ring (bicyclic) bond motifs is 1. The molecule has 0 unspecified atom stereocenters. The lowest BCUT2D eigenvalue weighted by molar-refractivity contribution is -0.137. The molecule has 8 heteroatoms. The zero-order valence-electron chi connectivity index (χ0n) is 15.8. The van der Waals surface area contributed by atoms with E-state index >= 15 is 0 Å². The number of aromatic nitrogens is 2. The van der Waals surface area contributed by atoms with E-state index < -0.39 is 11.7 Å². The Balaban J connectivity index is 1.77. The number of anilines is 2. The molecule has 29 heavy (non-hydrogen) atoms. The Kier molecular flexibility index (Phi) is 4.86. The smallest absolute Gasteiger partial charge is 0.354 e. The maximum atomic E-state index is 13.0. The number of amides is 1. The van der Waals surface area contributed by atoms with E-state index in [0.29, 0.717) is 41.1 Å². The Hall–Kier alpha value is -3.16. The van der Waals surface area contributed by atoms with Gasteiger partial charge in [0.25, 0.3) is 5.91 Å². The van der Waals surface area contributed by atoms with Gasteiger partial charge in [0.1, 0.15) is 0 Å². The molecule has 0 bridgehead atoms. The summed E-state index contributed by atoms with van der Waals surface area (Å²) in [6, 6.07) is 8.34. The lowest BCUT2D eigenvalue weighted by Crippen LogP contribution is -2.28. The molecule has 4 rings (SSSR count). The molecule has 1 fully saturated rings. The van der Waals surface area contributed by atoms with Crippen LogP contribution >= 0.6 is 0 Å². The molecular formula is C21H19F3N4O. The van der Waals surface area contributed by atoms with Crippen LogP contribution in [-0.2, 0) is 6.18 Å². The molecule has 0 saturated carbocycles. The van der Waals surface area contributed by atoms with E-state index in [1.54, 1.807) is 4.90 Å². The van der Waals surface area contributed by atoms with Gasteiger partial charge in [0.05, 0.1) is 16.8 Å². The number of halogens is 3. The Bertz CT molecular complexity index is 1060. The van der Waals surface area contributed by atoms with Crippen molar-refractivity contribution < 1.29 is 18.0 Å². The number of hydrogen-bond acceptors (Lipinski definition) is 4. The molecule has 0 spiro atoms. The van der Waals surface area contributed by atoms with Crippen LogP contribution in [0.3, 0.4) is 0 Å². The van der Waals surface area contributed by atoms with Crippen LogP contribution in [-0.4, -0.2) is 33.9 Å². The number of nitrogens with zero attached hydrogens (tertiary/aromatic N) is 3. The molecule has 1 N–H and O–H groups in total. The standard InChI is InChI=1S/C21H19F3N4O/c1-13-4-9-16-18(27-15-7-5-14(6-8-15)21(22,23)24)17(12-25-19(16)26-13)20(29)28-10-2-3-11-28/h4-9,12H,2-3,10-11H2,1H3,(H,25,26,27). The number of nitrogens with one attached hydrogen (secondary N) is 1. The monoisotopic (exact) mass is 400 g/mol. The van der Waals surface area contributed by atoms with Crippen LogP contribution in [0, 0.1) is 6.92 Å². The Morgan fingerprint density at radius 1 is 1.07 bits per heavy atom. The summed E-state index contributed by atoms with van der Waals surface area (Å²) in [5, 5.41) is 3.76. The summed E-state index contributed by atoms with van der Waals surface area (Å²) >= 11 is 0. The van der Waals surface area contributed by atoms with Crippen LogP contribution in [0.25, 0.3) is 11.0 Å². The number of benzene rings is 1. The summed E-state index contributed by atoms with van der Waals surface area (Å²) in [4.78, 5) is 23.5. The van der Waals surface area contributed by atoms with Gasteiger partial charge in [0.15, 0.2) is 5.65 Å². The van der Waals surface area contributed by atoms with E-state index in [2.05, 4.69) is 15.3 Å². The molecule has 5 nitrogen and oxygen atoms in total. The van der Waals surface area contributed by atoms with Gasteiger partial charge in [-0.1, -0.05) is 0 Å². The van der Waals surface area contributed by atoms with Gasteiger partial charge in [0, 0.05) is 36.1 Å². The molecule has 1 aliphatic rings. The maximum absolute atomic E-state index is 13.0. The molecular weight excluding hydrogens is 381 g/mol. The highest BCUT2D eigenvalue weighted by Crippen LogP contribution is 2.33. The summed E-state index contributed by atoms with van der Waals surface area (Å²) in [7, 11) is 0. The first-order valence-corrected chi connectivity index (χ1v) is 9.33. The van der Waals surface area contributed by atoms with Crippen molar-refractivity contribution in [2.24, 2.45) is 0 Å². The van der Waals surface area contributed by atoms with Gasteiger partial charge in [-0.25, -0.2) is 9.97 Å². The predicted molar refractivity (Wildman–Crippen MR) is 104 cm³/mol. The topological polar surface area (TPSA) is 58.1 Å². The number of rotatable bonds is 3. The van der Waals surface area contributed by atoms with Gasteiger partial charge in [-0.05, 0) is 56.2 Å². The van der Waals surface area contributed by atoms with Crippen LogP contribution in [0.2, 0.25) is 0 Å². The first-order valence-electron chi connectivity index (χ1n) is 9.33. The number of carbonyl (C=O) groups is 1. The molecule has 0 radical (unpaired) electrons. The molecule has 1 saturated heterocycles. The van der Waals surface area contributed by atoms with Crippen LogP contribution in [0.15, 0.2) is 42.6 Å². The minimum Gasteiger partial charge on any atom is -0.354 e. The van der Waals surface area contributed by atoms with Crippen molar-refractivity contribution in [2.45, 2.75) is 25.9 Å². The molecule has 1 aliphatic heterocycles. The van der Waals surface area contributed by atoms with Crippen LogP contribution in [0.4, 0.5) is 24.5 Å². The molecule has 0 atom stereocenters. The van der Waals surface area contributed by atoms with Gasteiger partial charge in [-0.2, -0.15) is 13.2 Å². The number of likely N-dealkylation sites (tertiary alicyclic amines) is 1. The lowest BCUT2D eigenvalue weighted by Gasteiger charge is -2.19. The predicted octanol–water partition coefficient (Wildman–Crippen LogP) is 4.94. The summed E-state index contributed by atoms with van der Waals surface area (Å²) < 4.78 is 38.5. The summed E-state index contributed by atoms with van der Waals surface area (Å²) in [6.45, 7) is 3.21. The third-order valence-corrected chi connectivity index (χ3v) is 4.97. The van der Waals surface area contributed by atoms with E-state index in [1.807, 2.05) is 19.1 Å². The normalized spacial score (nSPS) is 14.4. The largest absolute Gasteiger partial charge is 0.416 e. The SMILES string of the molecule is Cc1ccc2c(Nc3ccc(C(F)(F)F)cc3)c(C(=O)N3CCCC3)cnc2n1. The zero-order chi connectivity index (χ0) is 20.6. The molecule has 150 valence electrons. The zero-order valence-corrected chi connectivity index (χ0v) is 15.8. The van der Waals surface area contributed by atoms with Crippen LogP contribution in [0.5, 0.6) is 0 Å². The van der Waals surface area contributed by atoms with Gasteiger partial charge < -0.3 is 10.2 Å². The average molecular weight is 400 g/mol. The van der Waals surface area contributed by atoms with Crippen LogP contribution in [0.1, 0.15) is 34.5 Å². The highest BCUT2D eigenvalue weighted by molar-refractivity contribution is 6.07. The van der Waals surface area contributed by atoms with Crippen molar-refractivity contribution >= 4 is 28.3 Å². The Labute approximate surface area is 165 Å². The first kappa shape index (κ1) is 19.2. The van der Waals surface area contributed by atoms with E-state index in [0.717, 1.165) is 30.7 Å². The van der Waals surface area contributed by atoms with Crippen molar-refractivity contribution in [2.75, 3.05) is 18.4 Å². The third kappa shape index (κ3) is 3.87. The van der Waals surface area contributed by atoms with Gasteiger partial charge >= 0.3 is 6.18 Å². The number of carbonyl (C=O) groups excluding carboxylic acids is 1. The molecule has 3 aromatic rings. The van der Waals surface area contributed by atoms with E-state index in [-0.39, 0.29) is 5.91 Å². The molecule has 1 amide bonds. The minimum atomic E-state index is -4.40. The van der Waals surface area contributed by atoms with Crippen LogP contribution < -0.4 is 5.32 Å². The van der Waals surface area contributed by atoms with Crippen molar-refractivity contribution in [1.29, 1.82) is 0 Å². The number of alkyl halides is 3. The summed E-state index contributed by atoms with van der Waals surface area (Å²) in [5.74, 6) is -0.146. The number of hydrogen-bond donors (Lipinski definition) is 1. The summed E-state index contributed by atoms with van der Waals surface area (Å²) in [5.41, 5.74) is 1.85. The van der Waals surface area contributed by atoms with Crippen molar-refractivity contribution in [3.63, 3.8) is 0 Å². The number of pyridine rings is 2. The fourth-order valence-electron chi connectivity index (χ4n) is 3.45. The second-order valence-electron chi connectivity index (χ2n) is 7.07. The first-order chi connectivity index (χ1) is 13.8. The second kappa shape index (κ2) is 7.35. The molecule has 3 heterocycles. The molecule has 0 aliphatic carbocycles. The van der Waals surface area contributed by atoms with E-state index in [9.17, 15) is 18.0 Å². The lowest BCUT2D eigenvalue weighted by atomic mass is 10.1. The number of aryl methyl sites for hydroxylation is 1. The van der Waals surface area contributed by atoms with Gasteiger partial charge in [-0.3, -0.25) is 4.79 Å². The van der Waals surface area contributed by atoms with Crippen molar-refractivity contribution in [3.05, 3.63) is 59.4 Å². The van der Waals surface area contributed by atoms with Crippen molar-refractivity contribution in [1.82, 2.24) is 14.9 Å². The highest BCUT2D eigenvalue weighted by Gasteiger charge is 2.30. The second-order valence-corrected chi connectivity index (χ2v) is 7.07. The van der Waals surface area contributed by atoms with E-state index in [1.165, 1.54) is 18.3 Å². The quantitative estimate of drug-likeness (QED) is 0.677. The summed E-state index contributed by atoms with van der Waals surface area (Å²) in [6.07, 6.45) is -1.01. The third-order valence-electron chi connectivity index (χ3n) is 4.97. The van der Waals surface area contributed by atoms with Gasteiger partial charge in [-0.15, -0.1) is 0 Å². The van der Waals surface area contributed by atoms with E-state index in [4.69, 9.17) is 0 Å². The highest BCUT2D eigenvalue weighted by atomic mass is 19.4. The molecule has 2 aromatic heterocycles. The minimum absolute atomic E-state index is 0.146. The Morgan fingerprint density at radius 3 is 2.41 bits per heavy atom. The maximum Gasteiger partial charge on any atom is 0.416 e.